The van der Waals surface area contributed by atoms with E-state index >= 15 is 0 Å². The fourth-order valence-corrected chi connectivity index (χ4v) is 4.80. The Morgan fingerprint density at radius 1 is 1.12 bits per heavy atom. The van der Waals surface area contributed by atoms with E-state index in [0.29, 0.717) is 6.04 Å². The van der Waals surface area contributed by atoms with Gasteiger partial charge in [0.25, 0.3) is 0 Å². The number of benzene rings is 1. The number of piperazine rings is 1. The number of hydrogen-bond donors (Lipinski definition) is 1. The van der Waals surface area contributed by atoms with Crippen molar-refractivity contribution in [3.63, 3.8) is 0 Å². The van der Waals surface area contributed by atoms with Gasteiger partial charge >= 0.3 is 0 Å². The van der Waals surface area contributed by atoms with Gasteiger partial charge in [-0.05, 0) is 32.3 Å². The molecule has 26 heavy (non-hydrogen) atoms. The van der Waals surface area contributed by atoms with Gasteiger partial charge < -0.3 is 14.6 Å². The first kappa shape index (κ1) is 19.5. The summed E-state index contributed by atoms with van der Waals surface area (Å²) in [6.45, 7) is 6.40. The molecular weight excluding hydrogens is 328 g/mol. The Morgan fingerprint density at radius 3 is 2.54 bits per heavy atom. The zero-order valence-electron chi connectivity index (χ0n) is 16.5. The van der Waals surface area contributed by atoms with Gasteiger partial charge in [0.1, 0.15) is 11.5 Å². The Hall–Kier alpha value is -1.30. The van der Waals surface area contributed by atoms with Crippen LogP contribution in [-0.4, -0.2) is 67.5 Å². The average Bonchev–Trinajstić information content (AvgIpc) is 3.17. The topological polar surface area (TPSA) is 45.2 Å². The van der Waals surface area contributed by atoms with E-state index in [1.807, 2.05) is 13.0 Å². The lowest BCUT2D eigenvalue weighted by Gasteiger charge is -2.44. The molecule has 5 heteroatoms. The van der Waals surface area contributed by atoms with Crippen LogP contribution in [0.2, 0.25) is 0 Å². The van der Waals surface area contributed by atoms with Crippen molar-refractivity contribution in [2.24, 2.45) is 0 Å². The molecule has 2 aliphatic rings. The van der Waals surface area contributed by atoms with Gasteiger partial charge in [-0.2, -0.15) is 0 Å². The van der Waals surface area contributed by atoms with E-state index in [4.69, 9.17) is 9.47 Å². The zero-order chi connectivity index (χ0) is 18.5. The fraction of sp³-hybridized carbons (Fsp3) is 0.714. The Bertz CT molecular complexity index is 587. The molecule has 1 heterocycles. The Kier molecular flexibility index (Phi) is 6.79. The molecule has 1 saturated carbocycles. The SMILES string of the molecule is COc1ccc(CN2CCN(C3CCCC3)[C@@H](CCO)C2)c(OC)c1C. The molecule has 5 nitrogen and oxygen atoms in total. The molecule has 1 aromatic rings. The number of aliphatic hydroxyl groups is 1. The summed E-state index contributed by atoms with van der Waals surface area (Å²) >= 11 is 0. The van der Waals surface area contributed by atoms with Crippen LogP contribution in [-0.2, 0) is 6.54 Å². The highest BCUT2D eigenvalue weighted by atomic mass is 16.5. The summed E-state index contributed by atoms with van der Waals surface area (Å²) in [6, 6.07) is 5.34. The summed E-state index contributed by atoms with van der Waals surface area (Å²) in [5.41, 5.74) is 2.27. The maximum atomic E-state index is 9.55. The van der Waals surface area contributed by atoms with Crippen LogP contribution in [0.25, 0.3) is 0 Å². The first-order valence-electron chi connectivity index (χ1n) is 9.97. The molecule has 0 amide bonds. The van der Waals surface area contributed by atoms with Gasteiger partial charge in [0.05, 0.1) is 14.2 Å². The summed E-state index contributed by atoms with van der Waals surface area (Å²) < 4.78 is 11.1. The molecule has 1 saturated heterocycles. The van der Waals surface area contributed by atoms with Gasteiger partial charge in [0.2, 0.25) is 0 Å². The van der Waals surface area contributed by atoms with E-state index in [2.05, 4.69) is 15.9 Å². The number of methoxy groups -OCH3 is 2. The molecule has 2 fully saturated rings. The molecule has 0 aromatic heterocycles. The van der Waals surface area contributed by atoms with E-state index in [0.717, 1.165) is 55.7 Å². The van der Waals surface area contributed by atoms with Crippen LogP contribution in [0, 0.1) is 6.92 Å². The van der Waals surface area contributed by atoms with E-state index in [9.17, 15) is 5.11 Å². The van der Waals surface area contributed by atoms with Crippen LogP contribution in [0.5, 0.6) is 11.5 Å². The summed E-state index contributed by atoms with van der Waals surface area (Å²) in [5.74, 6) is 1.80. The molecule has 146 valence electrons. The van der Waals surface area contributed by atoms with Crippen molar-refractivity contribution in [3.8, 4) is 11.5 Å². The third kappa shape index (κ3) is 4.16. The van der Waals surface area contributed by atoms with Gasteiger partial charge in [0, 0.05) is 56.0 Å². The lowest BCUT2D eigenvalue weighted by molar-refractivity contribution is 0.0264. The molecule has 0 unspecified atom stereocenters. The first-order chi connectivity index (χ1) is 12.7. The maximum Gasteiger partial charge on any atom is 0.129 e. The molecule has 1 aromatic carbocycles. The van der Waals surface area contributed by atoms with Crippen molar-refractivity contribution in [2.45, 2.75) is 57.7 Å². The molecule has 1 atom stereocenters. The van der Waals surface area contributed by atoms with E-state index < -0.39 is 0 Å². The van der Waals surface area contributed by atoms with Crippen molar-refractivity contribution >= 4 is 0 Å². The van der Waals surface area contributed by atoms with Crippen molar-refractivity contribution in [3.05, 3.63) is 23.3 Å². The van der Waals surface area contributed by atoms with Crippen LogP contribution in [0.3, 0.4) is 0 Å². The summed E-state index contributed by atoms with van der Waals surface area (Å²) in [6.07, 6.45) is 6.24. The summed E-state index contributed by atoms with van der Waals surface area (Å²) in [4.78, 5) is 5.19. The van der Waals surface area contributed by atoms with Crippen molar-refractivity contribution in [1.82, 2.24) is 9.80 Å². The molecule has 1 aliphatic heterocycles. The predicted molar refractivity (Wildman–Crippen MR) is 104 cm³/mol. The predicted octanol–water partition coefficient (Wildman–Crippen LogP) is 2.82. The van der Waals surface area contributed by atoms with Crippen molar-refractivity contribution < 1.29 is 14.6 Å². The molecule has 0 radical (unpaired) electrons. The normalized spacial score (nSPS) is 22.7. The summed E-state index contributed by atoms with van der Waals surface area (Å²) in [7, 11) is 3.43. The van der Waals surface area contributed by atoms with Crippen LogP contribution in [0.15, 0.2) is 12.1 Å². The number of nitrogens with zero attached hydrogens (tertiary/aromatic N) is 2. The highest BCUT2D eigenvalue weighted by Gasteiger charge is 2.33. The monoisotopic (exact) mass is 362 g/mol. The van der Waals surface area contributed by atoms with Crippen LogP contribution in [0.4, 0.5) is 0 Å². The van der Waals surface area contributed by atoms with Gasteiger partial charge in [-0.1, -0.05) is 18.9 Å². The highest BCUT2D eigenvalue weighted by molar-refractivity contribution is 5.49. The van der Waals surface area contributed by atoms with E-state index in [1.54, 1.807) is 14.2 Å². The fourth-order valence-electron chi connectivity index (χ4n) is 4.80. The van der Waals surface area contributed by atoms with Gasteiger partial charge in [-0.3, -0.25) is 9.80 Å². The van der Waals surface area contributed by atoms with E-state index in [1.165, 1.54) is 31.2 Å². The van der Waals surface area contributed by atoms with Crippen molar-refractivity contribution in [2.75, 3.05) is 40.5 Å². The minimum Gasteiger partial charge on any atom is -0.496 e. The van der Waals surface area contributed by atoms with Gasteiger partial charge in [0.15, 0.2) is 0 Å². The second-order valence-electron chi connectivity index (χ2n) is 7.66. The smallest absolute Gasteiger partial charge is 0.129 e. The maximum absolute atomic E-state index is 9.55. The Morgan fingerprint density at radius 2 is 1.88 bits per heavy atom. The van der Waals surface area contributed by atoms with Gasteiger partial charge in [-0.15, -0.1) is 0 Å². The Labute approximate surface area is 157 Å². The minimum atomic E-state index is 0.271. The quantitative estimate of drug-likeness (QED) is 0.808. The molecule has 0 bridgehead atoms. The number of hydrogen-bond acceptors (Lipinski definition) is 5. The van der Waals surface area contributed by atoms with Crippen molar-refractivity contribution in [1.29, 1.82) is 0 Å². The number of rotatable bonds is 7. The molecule has 0 spiro atoms. The zero-order valence-corrected chi connectivity index (χ0v) is 16.5. The highest BCUT2D eigenvalue weighted by Crippen LogP contribution is 2.33. The van der Waals surface area contributed by atoms with E-state index in [-0.39, 0.29) is 6.61 Å². The summed E-state index contributed by atoms with van der Waals surface area (Å²) in [5, 5.41) is 9.55. The lowest BCUT2D eigenvalue weighted by Crippen LogP contribution is -2.56. The number of ether oxygens (including phenoxy) is 2. The molecular formula is C21H34N2O3. The largest absolute Gasteiger partial charge is 0.496 e. The average molecular weight is 363 g/mol. The first-order valence-corrected chi connectivity index (χ1v) is 9.97. The molecule has 3 rings (SSSR count). The van der Waals surface area contributed by atoms with Crippen LogP contribution in [0.1, 0.15) is 43.2 Å². The number of aliphatic hydroxyl groups excluding tert-OH is 1. The van der Waals surface area contributed by atoms with Crippen LogP contribution < -0.4 is 9.47 Å². The minimum absolute atomic E-state index is 0.271. The molecule has 1 aliphatic carbocycles. The second-order valence-corrected chi connectivity index (χ2v) is 7.66. The Balaban J connectivity index is 1.70. The third-order valence-electron chi connectivity index (χ3n) is 6.12. The second kappa shape index (κ2) is 9.07. The third-order valence-corrected chi connectivity index (χ3v) is 6.12. The standard InChI is InChI=1S/C21H34N2O3/c1-16-20(25-2)9-8-17(21(16)26-3)14-22-11-12-23(18-6-4-5-7-18)19(15-22)10-13-24/h8-9,18-19,24H,4-7,10-15H2,1-3H3/t19-/m0/s1. The van der Waals surface area contributed by atoms with Crippen LogP contribution >= 0.6 is 0 Å². The molecule has 1 N–H and O–H groups in total. The van der Waals surface area contributed by atoms with Gasteiger partial charge in [-0.25, -0.2) is 0 Å². The lowest BCUT2D eigenvalue weighted by atomic mass is 10.0.